The number of urea groups is 1. The average Bonchev–Trinajstić information content (AvgIpc) is 2.72. The predicted octanol–water partition coefficient (Wildman–Crippen LogP) is 2.48. The van der Waals surface area contributed by atoms with Crippen LogP contribution in [-0.2, 0) is 16.1 Å². The number of benzene rings is 1. The van der Waals surface area contributed by atoms with Crippen LogP contribution < -0.4 is 16.0 Å². The molecule has 2 aliphatic rings. The molecule has 1 aromatic carbocycles. The standard InChI is InChI=1S/C21H32N4O3/c1-17(26)24-19-7-5-6-18(14-19)15-22-20(27)23-16-21(8-3-2-4-9-21)25-10-12-28-13-11-25/h5-7,14H,2-4,8-13,15-16H2,1H3,(H,24,26)(H2,22,23,27). The molecule has 0 atom stereocenters. The summed E-state index contributed by atoms with van der Waals surface area (Å²) in [5, 5.41) is 8.80. The first kappa shape index (κ1) is 20.6. The van der Waals surface area contributed by atoms with Crippen LogP contribution in [0.2, 0.25) is 0 Å². The summed E-state index contributed by atoms with van der Waals surface area (Å²) in [6, 6.07) is 7.36. The number of morpholine rings is 1. The molecule has 1 aliphatic carbocycles. The van der Waals surface area contributed by atoms with Gasteiger partial charge in [-0.25, -0.2) is 4.79 Å². The number of carbonyl (C=O) groups is 2. The summed E-state index contributed by atoms with van der Waals surface area (Å²) in [5.41, 5.74) is 1.74. The smallest absolute Gasteiger partial charge is 0.315 e. The highest BCUT2D eigenvalue weighted by molar-refractivity contribution is 5.88. The zero-order valence-electron chi connectivity index (χ0n) is 16.8. The monoisotopic (exact) mass is 388 g/mol. The minimum Gasteiger partial charge on any atom is -0.379 e. The molecular formula is C21H32N4O3. The van der Waals surface area contributed by atoms with Crippen molar-refractivity contribution in [2.45, 2.75) is 51.1 Å². The van der Waals surface area contributed by atoms with Crippen LogP contribution in [0.1, 0.15) is 44.6 Å². The number of nitrogens with one attached hydrogen (secondary N) is 3. The van der Waals surface area contributed by atoms with Gasteiger partial charge in [-0.05, 0) is 30.5 Å². The number of anilines is 1. The van der Waals surface area contributed by atoms with Crippen LogP contribution in [0.4, 0.5) is 10.5 Å². The average molecular weight is 389 g/mol. The Kier molecular flexibility index (Phi) is 7.28. The maximum absolute atomic E-state index is 12.4. The molecule has 7 heteroatoms. The molecule has 7 nitrogen and oxygen atoms in total. The quantitative estimate of drug-likeness (QED) is 0.699. The lowest BCUT2D eigenvalue weighted by Gasteiger charge is -2.48. The first-order valence-corrected chi connectivity index (χ1v) is 10.3. The van der Waals surface area contributed by atoms with Crippen molar-refractivity contribution in [3.8, 4) is 0 Å². The Labute approximate surface area is 167 Å². The van der Waals surface area contributed by atoms with Crippen LogP contribution in [0.15, 0.2) is 24.3 Å². The van der Waals surface area contributed by atoms with Gasteiger partial charge >= 0.3 is 6.03 Å². The minimum absolute atomic E-state index is 0.0602. The SMILES string of the molecule is CC(=O)Nc1cccc(CNC(=O)NCC2(N3CCOCC3)CCCCC2)c1. The fourth-order valence-corrected chi connectivity index (χ4v) is 4.30. The number of carbonyl (C=O) groups excluding carboxylic acids is 2. The predicted molar refractivity (Wildman–Crippen MR) is 109 cm³/mol. The number of hydrogen-bond acceptors (Lipinski definition) is 4. The fourth-order valence-electron chi connectivity index (χ4n) is 4.30. The van der Waals surface area contributed by atoms with E-state index in [2.05, 4.69) is 20.9 Å². The highest BCUT2D eigenvalue weighted by atomic mass is 16.5. The molecule has 3 amide bonds. The van der Waals surface area contributed by atoms with Crippen LogP contribution >= 0.6 is 0 Å². The molecule has 0 aromatic heterocycles. The number of nitrogens with zero attached hydrogens (tertiary/aromatic N) is 1. The third-order valence-corrected chi connectivity index (χ3v) is 5.74. The number of amides is 3. The van der Waals surface area contributed by atoms with Crippen molar-refractivity contribution < 1.29 is 14.3 Å². The molecule has 0 spiro atoms. The first-order valence-electron chi connectivity index (χ1n) is 10.3. The fraction of sp³-hybridized carbons (Fsp3) is 0.619. The van der Waals surface area contributed by atoms with Crippen molar-refractivity contribution in [3.05, 3.63) is 29.8 Å². The van der Waals surface area contributed by atoms with E-state index in [0.29, 0.717) is 13.1 Å². The van der Waals surface area contributed by atoms with Crippen molar-refractivity contribution in [1.29, 1.82) is 0 Å². The summed E-state index contributed by atoms with van der Waals surface area (Å²) in [7, 11) is 0. The highest BCUT2D eigenvalue weighted by Crippen LogP contribution is 2.33. The summed E-state index contributed by atoms with van der Waals surface area (Å²) >= 11 is 0. The Hall–Kier alpha value is -2.12. The molecule has 1 saturated carbocycles. The van der Waals surface area contributed by atoms with E-state index in [4.69, 9.17) is 4.74 Å². The van der Waals surface area contributed by atoms with Gasteiger partial charge in [-0.15, -0.1) is 0 Å². The van der Waals surface area contributed by atoms with Gasteiger partial charge in [0.2, 0.25) is 5.91 Å². The molecule has 1 heterocycles. The molecule has 1 saturated heterocycles. The van der Waals surface area contributed by atoms with Crippen LogP contribution in [0.25, 0.3) is 0 Å². The largest absolute Gasteiger partial charge is 0.379 e. The third-order valence-electron chi connectivity index (χ3n) is 5.74. The van der Waals surface area contributed by atoms with Crippen molar-refractivity contribution in [1.82, 2.24) is 15.5 Å². The van der Waals surface area contributed by atoms with Crippen LogP contribution in [-0.4, -0.2) is 55.2 Å². The maximum atomic E-state index is 12.4. The zero-order valence-corrected chi connectivity index (χ0v) is 16.8. The third kappa shape index (κ3) is 5.69. The van der Waals surface area contributed by atoms with Gasteiger partial charge < -0.3 is 20.7 Å². The summed E-state index contributed by atoms with van der Waals surface area (Å²) < 4.78 is 5.51. The van der Waals surface area contributed by atoms with Gasteiger partial charge in [0, 0.05) is 44.3 Å². The molecule has 1 aromatic rings. The van der Waals surface area contributed by atoms with E-state index in [9.17, 15) is 9.59 Å². The molecule has 0 bridgehead atoms. The summed E-state index contributed by atoms with van der Waals surface area (Å²) in [5.74, 6) is -0.108. The van der Waals surface area contributed by atoms with Crippen molar-refractivity contribution in [3.63, 3.8) is 0 Å². The zero-order chi connectivity index (χ0) is 19.8. The molecule has 3 rings (SSSR count). The number of ether oxygens (including phenoxy) is 1. The van der Waals surface area contributed by atoms with E-state index in [1.807, 2.05) is 24.3 Å². The van der Waals surface area contributed by atoms with E-state index >= 15 is 0 Å². The lowest BCUT2D eigenvalue weighted by atomic mass is 9.80. The van der Waals surface area contributed by atoms with Crippen molar-refractivity contribution in [2.24, 2.45) is 0 Å². The minimum atomic E-state index is -0.150. The molecule has 0 unspecified atom stereocenters. The summed E-state index contributed by atoms with van der Waals surface area (Å²) in [6.07, 6.45) is 5.98. The second-order valence-corrected chi connectivity index (χ2v) is 7.80. The highest BCUT2D eigenvalue weighted by Gasteiger charge is 2.38. The maximum Gasteiger partial charge on any atom is 0.315 e. The second kappa shape index (κ2) is 9.89. The molecule has 154 valence electrons. The van der Waals surface area contributed by atoms with Gasteiger partial charge in [0.05, 0.1) is 13.2 Å². The van der Waals surface area contributed by atoms with Gasteiger partial charge in [-0.1, -0.05) is 31.4 Å². The lowest BCUT2D eigenvalue weighted by Crippen LogP contribution is -2.60. The normalized spacial score (nSPS) is 19.6. The van der Waals surface area contributed by atoms with Gasteiger partial charge in [-0.2, -0.15) is 0 Å². The van der Waals surface area contributed by atoms with E-state index in [-0.39, 0.29) is 17.5 Å². The van der Waals surface area contributed by atoms with Crippen LogP contribution in [0.5, 0.6) is 0 Å². The molecule has 1 aliphatic heterocycles. The lowest BCUT2D eigenvalue weighted by molar-refractivity contribution is -0.114. The Morgan fingerprint density at radius 2 is 1.86 bits per heavy atom. The molecular weight excluding hydrogens is 356 g/mol. The van der Waals surface area contributed by atoms with Crippen molar-refractivity contribution in [2.75, 3.05) is 38.2 Å². The second-order valence-electron chi connectivity index (χ2n) is 7.80. The number of rotatable bonds is 6. The summed E-state index contributed by atoms with van der Waals surface area (Å²) in [4.78, 5) is 26.1. The van der Waals surface area contributed by atoms with Gasteiger partial charge in [0.25, 0.3) is 0 Å². The van der Waals surface area contributed by atoms with Gasteiger partial charge in [-0.3, -0.25) is 9.69 Å². The Morgan fingerprint density at radius 1 is 1.11 bits per heavy atom. The molecule has 28 heavy (non-hydrogen) atoms. The van der Waals surface area contributed by atoms with Gasteiger partial charge in [0.1, 0.15) is 0 Å². The Bertz CT molecular complexity index is 667. The summed E-state index contributed by atoms with van der Waals surface area (Å²) in [6.45, 7) is 6.01. The van der Waals surface area contributed by atoms with Crippen LogP contribution in [0.3, 0.4) is 0 Å². The topological polar surface area (TPSA) is 82.7 Å². The van der Waals surface area contributed by atoms with E-state index in [1.165, 1.54) is 26.2 Å². The number of hydrogen-bond donors (Lipinski definition) is 3. The van der Waals surface area contributed by atoms with Gasteiger partial charge in [0.15, 0.2) is 0 Å². The van der Waals surface area contributed by atoms with E-state index in [1.54, 1.807) is 0 Å². The first-order chi connectivity index (χ1) is 13.6. The Balaban J connectivity index is 1.51. The van der Waals surface area contributed by atoms with Crippen LogP contribution in [0, 0.1) is 0 Å². The molecule has 2 fully saturated rings. The van der Waals surface area contributed by atoms with E-state index in [0.717, 1.165) is 50.4 Å². The van der Waals surface area contributed by atoms with Crippen molar-refractivity contribution >= 4 is 17.6 Å². The van der Waals surface area contributed by atoms with E-state index < -0.39 is 0 Å². The Morgan fingerprint density at radius 3 is 2.57 bits per heavy atom. The molecule has 0 radical (unpaired) electrons. The molecule has 3 N–H and O–H groups in total.